The Bertz CT molecular complexity index is 1940. The van der Waals surface area contributed by atoms with Crippen molar-refractivity contribution in [3.05, 3.63) is 0 Å². The minimum absolute atomic E-state index is 1.11. The SMILES string of the molecule is OCC1O[C@H]2O[C@H]3C(CO)O[C@@H](O[C@H]4C(CO)O[C@@H](O[C@H]5C(CO)O[C@@H](O[C@H]6C(CO)O[C@@H](O[C@H]7C(CO)O[C@@H](O[C@H]8C(CO)O[C@@H](O[C@H]9C(CO)O[C@@H](O[C@H]%10C(CO)O[C@@H](O[C@@H]1C(O)[C@H]2O)C(O)[C@H]%10O)[C@H](O)C9O)[C@H](O)C8O)[C@H](O)C7O)[C@H](O)C6O)[C@H](O)C5O)[C@H](O)C4O)[C@H](O)C3O. The van der Waals surface area contributed by atoms with Gasteiger partial charge in [0.1, 0.15) is 220 Å². The summed E-state index contributed by atoms with van der Waals surface area (Å²) < 4.78 is 103. The Morgan fingerprint density at radius 1 is 0.121 bits per heavy atom. The highest BCUT2D eigenvalue weighted by atomic mass is 16.8. The molecule has 27 saturated heterocycles. The highest BCUT2D eigenvalue weighted by Crippen LogP contribution is 2.40. The lowest BCUT2D eigenvalue weighted by Gasteiger charge is -2.50. The predicted molar refractivity (Wildman–Crippen MR) is 294 cm³/mol. The molecule has 0 radical (unpaired) electrons. The Morgan fingerprint density at radius 3 is 0.273 bits per heavy atom. The van der Waals surface area contributed by atoms with Gasteiger partial charge in [-0.2, -0.15) is 0 Å². The topological polar surface area (TPSA) is 712 Å². The number of rotatable bonds is 9. The fourth-order valence-electron chi connectivity index (χ4n) is 13.4. The number of hydrogen-bond acceptors (Lipinski definition) is 45. The third-order valence-electron chi connectivity index (χ3n) is 19.0. The van der Waals surface area contributed by atoms with E-state index in [1.54, 1.807) is 0 Å². The van der Waals surface area contributed by atoms with Crippen molar-refractivity contribution in [2.75, 3.05) is 59.5 Å². The molecule has 45 heteroatoms. The fraction of sp³-hybridized carbons (Fsp3) is 1.00. The van der Waals surface area contributed by atoms with E-state index in [0.717, 1.165) is 0 Å². The van der Waals surface area contributed by atoms with Gasteiger partial charge in [0, 0.05) is 0 Å². The minimum Gasteiger partial charge on any atom is -0.394 e. The third-order valence-corrected chi connectivity index (χ3v) is 19.0. The van der Waals surface area contributed by atoms with E-state index in [4.69, 9.17) is 85.3 Å². The summed E-state index contributed by atoms with van der Waals surface area (Å²) in [5.74, 6) is 0. The van der Waals surface area contributed by atoms with Crippen LogP contribution < -0.4 is 0 Å². The molecule has 0 saturated carbocycles. The van der Waals surface area contributed by atoms with E-state index >= 15 is 0 Å². The molecule has 18 bridgehead atoms. The molecular weight excluding hydrogens is 1370 g/mol. The van der Waals surface area contributed by atoms with Gasteiger partial charge in [0.2, 0.25) is 0 Å². The maximum atomic E-state index is 11.5. The highest BCUT2D eigenvalue weighted by molar-refractivity contribution is 5.03. The van der Waals surface area contributed by atoms with Crippen LogP contribution in [0, 0.1) is 0 Å². The Balaban J connectivity index is 0.896. The van der Waals surface area contributed by atoms with Gasteiger partial charge in [-0.1, -0.05) is 0 Å². The van der Waals surface area contributed by atoms with Crippen LogP contribution >= 0.6 is 0 Å². The summed E-state index contributed by atoms with van der Waals surface area (Å²) in [6.07, 6.45) is -93.8. The quantitative estimate of drug-likeness (QED) is 0.102. The molecule has 0 aromatic heterocycles. The summed E-state index contributed by atoms with van der Waals surface area (Å²) in [4.78, 5) is 0. The van der Waals surface area contributed by atoms with Gasteiger partial charge in [-0.15, -0.1) is 0 Å². The molecule has 18 unspecified atom stereocenters. The summed E-state index contributed by atoms with van der Waals surface area (Å²) in [5, 5.41) is 300. The Kier molecular flexibility index (Phi) is 27.4. The monoisotopic (exact) mass is 1460 g/mol. The Hall–Kier alpha value is -1.80. The average Bonchev–Trinajstić information content (AvgIpc) is 0.780. The van der Waals surface area contributed by atoms with Crippen molar-refractivity contribution in [2.45, 2.75) is 276 Å². The van der Waals surface area contributed by atoms with E-state index in [9.17, 15) is 138 Å². The predicted octanol–water partition coefficient (Wildman–Crippen LogP) is -19.6. The number of aliphatic hydroxyl groups excluding tert-OH is 27. The van der Waals surface area contributed by atoms with Crippen LogP contribution in [0.1, 0.15) is 0 Å². The first-order chi connectivity index (χ1) is 47.1. The smallest absolute Gasteiger partial charge is 0.187 e. The minimum atomic E-state index is -2.28. The van der Waals surface area contributed by atoms with Gasteiger partial charge in [0.15, 0.2) is 56.6 Å². The zero-order valence-corrected chi connectivity index (χ0v) is 51.8. The van der Waals surface area contributed by atoms with Crippen LogP contribution in [0.2, 0.25) is 0 Å². The van der Waals surface area contributed by atoms with Crippen molar-refractivity contribution in [3.63, 3.8) is 0 Å². The lowest BCUT2D eigenvalue weighted by molar-refractivity contribution is -0.399. The maximum absolute atomic E-state index is 11.5. The van der Waals surface area contributed by atoms with Crippen molar-refractivity contribution in [2.24, 2.45) is 0 Å². The molecule has 27 aliphatic rings. The standard InChI is InChI=1S/C54H90O45/c55-1-10-37-19(64)28(73)46(82-10)92-38-11(2-56)84-48(30(75)21(38)66)94-40-13(4-58)86-50(32(77)23(40)68)96-42-15(6-60)88-52(34(79)25(42)70)98-44-17(8-62)90-54(36(81)27(44)72)99-45-18(9-63)89-53(35(80)26(45)71)97-43-16(7-61)87-51(33(78)24(43)69)95-41-14(5-59)85-49(31(76)22(41)67)93-39-12(3-57)83-47(91-37)29(74)20(39)65/h10-81H,1-9H2/t10?,11?,12?,13?,14?,15?,16?,17?,18?,19-,20?,21?,22?,23?,24?,25?,26?,27?,28?,29-,30-,31-,32-,33-,34-,35-,36-,37+,38+,39+,40+,41+,42+,43+,44+,45+,46+,47+,48+,49+,50+,51+,52+,53+,54+/m1/s1. The Morgan fingerprint density at radius 2 is 0.202 bits per heavy atom. The second-order valence-corrected chi connectivity index (χ2v) is 25.3. The molecule has 27 heterocycles. The molecule has 99 heavy (non-hydrogen) atoms. The molecule has 0 spiro atoms. The van der Waals surface area contributed by atoms with Gasteiger partial charge in [-0.3, -0.25) is 0 Å². The molecule has 45 atom stereocenters. The summed E-state index contributed by atoms with van der Waals surface area (Å²) in [6, 6.07) is 0. The van der Waals surface area contributed by atoms with Crippen molar-refractivity contribution >= 4 is 0 Å². The second-order valence-electron chi connectivity index (χ2n) is 25.3. The number of aliphatic hydroxyl groups is 27. The lowest BCUT2D eigenvalue weighted by atomic mass is 9.95. The molecule has 0 amide bonds. The van der Waals surface area contributed by atoms with E-state index in [0.29, 0.717) is 0 Å². The first-order valence-corrected chi connectivity index (χ1v) is 31.7. The molecule has 45 nitrogen and oxygen atoms in total. The first kappa shape index (κ1) is 79.8. The van der Waals surface area contributed by atoms with Gasteiger partial charge < -0.3 is 223 Å². The molecule has 27 N–H and O–H groups in total. The molecule has 576 valence electrons. The fourth-order valence-corrected chi connectivity index (χ4v) is 13.4. The summed E-state index contributed by atoms with van der Waals surface area (Å²) in [7, 11) is 0. The van der Waals surface area contributed by atoms with Crippen molar-refractivity contribution in [1.29, 1.82) is 0 Å². The molecule has 0 aromatic rings. The Labute approximate surface area is 558 Å². The van der Waals surface area contributed by atoms with E-state index in [-0.39, 0.29) is 0 Å². The van der Waals surface area contributed by atoms with Crippen LogP contribution in [-0.2, 0) is 85.3 Å². The second kappa shape index (κ2) is 34.0. The normalized spacial score (nSPS) is 55.4. The van der Waals surface area contributed by atoms with Crippen molar-refractivity contribution < 1.29 is 223 Å². The van der Waals surface area contributed by atoms with Crippen LogP contribution in [-0.4, -0.2) is 474 Å². The van der Waals surface area contributed by atoms with Crippen molar-refractivity contribution in [3.8, 4) is 0 Å². The van der Waals surface area contributed by atoms with E-state index in [1.807, 2.05) is 0 Å². The molecule has 0 aromatic carbocycles. The third kappa shape index (κ3) is 15.8. The first-order valence-electron chi connectivity index (χ1n) is 31.7. The largest absolute Gasteiger partial charge is 0.394 e. The molecule has 27 rings (SSSR count). The summed E-state index contributed by atoms with van der Waals surface area (Å²) >= 11 is 0. The van der Waals surface area contributed by atoms with Gasteiger partial charge in [-0.05, 0) is 0 Å². The van der Waals surface area contributed by atoms with Gasteiger partial charge in [0.25, 0.3) is 0 Å². The van der Waals surface area contributed by atoms with Crippen LogP contribution in [0.3, 0.4) is 0 Å². The highest BCUT2D eigenvalue weighted by Gasteiger charge is 2.61. The van der Waals surface area contributed by atoms with Crippen molar-refractivity contribution in [1.82, 2.24) is 0 Å². The maximum Gasteiger partial charge on any atom is 0.187 e. The summed E-state index contributed by atoms with van der Waals surface area (Å²) in [6.45, 7) is -9.99. The molecule has 27 fully saturated rings. The lowest BCUT2D eigenvalue weighted by Crippen LogP contribution is -2.68. The number of hydrogen-bond donors (Lipinski definition) is 27. The zero-order chi connectivity index (χ0) is 72.1. The van der Waals surface area contributed by atoms with E-state index in [1.165, 1.54) is 0 Å². The van der Waals surface area contributed by atoms with Crippen LogP contribution in [0.4, 0.5) is 0 Å². The molecular formula is C54H90O45. The van der Waals surface area contributed by atoms with Gasteiger partial charge in [0.05, 0.1) is 59.5 Å². The number of ether oxygens (including phenoxy) is 18. The summed E-state index contributed by atoms with van der Waals surface area (Å²) in [5.41, 5.74) is 0. The van der Waals surface area contributed by atoms with Crippen LogP contribution in [0.25, 0.3) is 0 Å². The van der Waals surface area contributed by atoms with Crippen LogP contribution in [0.15, 0.2) is 0 Å². The van der Waals surface area contributed by atoms with Crippen LogP contribution in [0.5, 0.6) is 0 Å². The zero-order valence-electron chi connectivity index (χ0n) is 51.8. The van der Waals surface area contributed by atoms with E-state index in [2.05, 4.69) is 0 Å². The van der Waals surface area contributed by atoms with Gasteiger partial charge in [-0.25, -0.2) is 0 Å². The molecule has 27 aliphatic heterocycles. The average molecular weight is 1460 g/mol. The van der Waals surface area contributed by atoms with E-state index < -0.39 is 336 Å². The van der Waals surface area contributed by atoms with Gasteiger partial charge >= 0.3 is 0 Å². The molecule has 0 aliphatic carbocycles.